The molecule has 2 rings (SSSR count). The Kier molecular flexibility index (Phi) is 4.55. The molecule has 0 radical (unpaired) electrons. The number of hydrogen-bond donors (Lipinski definition) is 2. The second-order valence-electron chi connectivity index (χ2n) is 3.92. The van der Waals surface area contributed by atoms with Gasteiger partial charge in [0.15, 0.2) is 0 Å². The number of rotatable bonds is 5. The third-order valence-electron chi connectivity index (χ3n) is 2.42. The summed E-state index contributed by atoms with van der Waals surface area (Å²) in [6.07, 6.45) is 0.0237. The van der Waals surface area contributed by atoms with Gasteiger partial charge in [0.05, 0.1) is 12.1 Å². The minimum absolute atomic E-state index is 0.0237. The van der Waals surface area contributed by atoms with E-state index in [0.717, 1.165) is 14.2 Å². The minimum Gasteiger partial charge on any atom is -0.481 e. The van der Waals surface area contributed by atoms with E-state index in [4.69, 9.17) is 5.11 Å². The molecule has 3 nitrogen and oxygen atoms in total. The summed E-state index contributed by atoms with van der Waals surface area (Å²) < 4.78 is 14.3. The summed E-state index contributed by atoms with van der Waals surface area (Å²) in [5, 5.41) is 11.7. The molecule has 2 aromatic rings. The van der Waals surface area contributed by atoms with Crippen LogP contribution in [0.4, 0.5) is 10.1 Å². The van der Waals surface area contributed by atoms with Crippen LogP contribution in [0.5, 0.6) is 0 Å². The van der Waals surface area contributed by atoms with Gasteiger partial charge in [-0.3, -0.25) is 4.79 Å². The second kappa shape index (κ2) is 6.16. The van der Waals surface area contributed by atoms with Gasteiger partial charge in [0, 0.05) is 20.8 Å². The van der Waals surface area contributed by atoms with Crippen LogP contribution in [-0.4, -0.2) is 11.1 Å². The van der Waals surface area contributed by atoms with Crippen LogP contribution in [0, 0.1) is 5.82 Å². The molecule has 0 aliphatic carbocycles. The van der Waals surface area contributed by atoms with Gasteiger partial charge in [-0.1, -0.05) is 15.9 Å². The summed E-state index contributed by atoms with van der Waals surface area (Å²) in [5.74, 6) is -1.16. The third-order valence-corrected chi connectivity index (χ3v) is 4.00. The molecule has 1 aromatic carbocycles. The Hall–Kier alpha value is -1.40. The van der Waals surface area contributed by atoms with E-state index < -0.39 is 5.97 Å². The van der Waals surface area contributed by atoms with Crippen LogP contribution < -0.4 is 5.32 Å². The van der Waals surface area contributed by atoms with E-state index in [0.29, 0.717) is 12.2 Å². The number of hydrogen-bond acceptors (Lipinski definition) is 3. The van der Waals surface area contributed by atoms with Crippen molar-refractivity contribution < 1.29 is 14.3 Å². The largest absolute Gasteiger partial charge is 0.481 e. The van der Waals surface area contributed by atoms with Crippen molar-refractivity contribution >= 4 is 38.9 Å². The highest BCUT2D eigenvalue weighted by Crippen LogP contribution is 2.22. The molecule has 0 unspecified atom stereocenters. The van der Waals surface area contributed by atoms with Gasteiger partial charge in [0.2, 0.25) is 0 Å². The van der Waals surface area contributed by atoms with Crippen LogP contribution in [0.2, 0.25) is 0 Å². The van der Waals surface area contributed by atoms with E-state index >= 15 is 0 Å². The molecule has 6 heteroatoms. The number of halogens is 2. The zero-order valence-electron chi connectivity index (χ0n) is 9.82. The molecule has 0 atom stereocenters. The Morgan fingerprint density at radius 1 is 1.32 bits per heavy atom. The van der Waals surface area contributed by atoms with Crippen molar-refractivity contribution in [1.29, 1.82) is 0 Å². The molecule has 19 heavy (non-hydrogen) atoms. The average Bonchev–Trinajstić information content (AvgIpc) is 2.77. The molecule has 1 heterocycles. The summed E-state index contributed by atoms with van der Waals surface area (Å²) >= 11 is 4.70. The summed E-state index contributed by atoms with van der Waals surface area (Å²) in [4.78, 5) is 12.3. The molecule has 0 fully saturated rings. The van der Waals surface area contributed by atoms with E-state index in [1.165, 1.54) is 17.4 Å². The maximum absolute atomic E-state index is 13.5. The Morgan fingerprint density at radius 3 is 2.79 bits per heavy atom. The zero-order valence-corrected chi connectivity index (χ0v) is 12.2. The number of carbonyl (C=O) groups is 1. The molecule has 0 saturated carbocycles. The predicted octanol–water partition coefficient (Wildman–Crippen LogP) is 3.89. The predicted molar refractivity (Wildman–Crippen MR) is 77.1 cm³/mol. The Morgan fingerprint density at radius 2 is 2.05 bits per heavy atom. The standard InChI is InChI=1S/C13H11BrFNO2S/c14-8-1-4-11(15)12(5-8)16-7-10-3-2-9(19-10)6-13(17)18/h1-5,16H,6-7H2,(H,17,18). The lowest BCUT2D eigenvalue weighted by Gasteiger charge is -2.06. The maximum Gasteiger partial charge on any atom is 0.308 e. The van der Waals surface area contributed by atoms with Gasteiger partial charge in [-0.2, -0.15) is 0 Å². The van der Waals surface area contributed by atoms with Crippen LogP contribution in [0.1, 0.15) is 9.75 Å². The first-order valence-corrected chi connectivity index (χ1v) is 7.14. The van der Waals surface area contributed by atoms with Gasteiger partial charge in [-0.05, 0) is 30.3 Å². The van der Waals surface area contributed by atoms with Crippen molar-refractivity contribution in [2.45, 2.75) is 13.0 Å². The maximum atomic E-state index is 13.5. The van der Waals surface area contributed by atoms with E-state index in [2.05, 4.69) is 21.2 Å². The van der Waals surface area contributed by atoms with E-state index in [1.807, 2.05) is 6.07 Å². The fourth-order valence-corrected chi connectivity index (χ4v) is 2.89. The van der Waals surface area contributed by atoms with Gasteiger partial charge in [0.25, 0.3) is 0 Å². The van der Waals surface area contributed by atoms with Crippen molar-refractivity contribution in [3.8, 4) is 0 Å². The monoisotopic (exact) mass is 343 g/mol. The summed E-state index contributed by atoms with van der Waals surface area (Å²) in [6.45, 7) is 0.470. The van der Waals surface area contributed by atoms with Crippen molar-refractivity contribution in [2.24, 2.45) is 0 Å². The first kappa shape index (κ1) is 14.0. The molecule has 0 aliphatic rings. The highest BCUT2D eigenvalue weighted by molar-refractivity contribution is 9.10. The van der Waals surface area contributed by atoms with Crippen molar-refractivity contribution in [3.63, 3.8) is 0 Å². The lowest BCUT2D eigenvalue weighted by molar-refractivity contribution is -0.136. The first-order chi connectivity index (χ1) is 9.04. The molecule has 0 spiro atoms. The molecule has 100 valence electrons. The number of carboxylic acids is 1. The van der Waals surface area contributed by atoms with Crippen molar-refractivity contribution in [3.05, 3.63) is 50.4 Å². The summed E-state index contributed by atoms with van der Waals surface area (Å²) in [5.41, 5.74) is 0.419. The Bertz CT molecular complexity index is 600. The summed E-state index contributed by atoms with van der Waals surface area (Å²) in [7, 11) is 0. The lowest BCUT2D eigenvalue weighted by Crippen LogP contribution is -2.00. The number of nitrogens with one attached hydrogen (secondary N) is 1. The molecule has 0 saturated heterocycles. The normalized spacial score (nSPS) is 10.4. The highest BCUT2D eigenvalue weighted by atomic mass is 79.9. The van der Waals surface area contributed by atoms with E-state index in [-0.39, 0.29) is 12.2 Å². The van der Waals surface area contributed by atoms with Crippen molar-refractivity contribution in [1.82, 2.24) is 0 Å². The summed E-state index contributed by atoms with van der Waals surface area (Å²) in [6, 6.07) is 8.33. The van der Waals surface area contributed by atoms with Crippen molar-refractivity contribution in [2.75, 3.05) is 5.32 Å². The number of carboxylic acid groups (broad SMARTS) is 1. The Balaban J connectivity index is 2.00. The van der Waals surface area contributed by atoms with E-state index in [1.54, 1.807) is 18.2 Å². The molecular weight excluding hydrogens is 333 g/mol. The van der Waals surface area contributed by atoms with Gasteiger partial charge < -0.3 is 10.4 Å². The molecule has 0 bridgehead atoms. The third kappa shape index (κ3) is 4.04. The van der Waals surface area contributed by atoms with Crippen LogP contribution in [0.25, 0.3) is 0 Å². The van der Waals surface area contributed by atoms with Crippen LogP contribution in [0.3, 0.4) is 0 Å². The molecular formula is C13H11BrFNO2S. The first-order valence-electron chi connectivity index (χ1n) is 5.53. The van der Waals surface area contributed by atoms with Gasteiger partial charge in [-0.25, -0.2) is 4.39 Å². The van der Waals surface area contributed by atoms with E-state index in [9.17, 15) is 9.18 Å². The van der Waals surface area contributed by atoms with Crippen LogP contribution in [0.15, 0.2) is 34.8 Å². The van der Waals surface area contributed by atoms with Crippen LogP contribution in [-0.2, 0) is 17.8 Å². The van der Waals surface area contributed by atoms with Gasteiger partial charge >= 0.3 is 5.97 Å². The van der Waals surface area contributed by atoms with Gasteiger partial charge in [0.1, 0.15) is 5.82 Å². The fourth-order valence-electron chi connectivity index (χ4n) is 1.58. The Labute approximate surface area is 122 Å². The number of thiophene rings is 1. The highest BCUT2D eigenvalue weighted by Gasteiger charge is 2.06. The molecule has 0 aliphatic heterocycles. The topological polar surface area (TPSA) is 49.3 Å². The van der Waals surface area contributed by atoms with Gasteiger partial charge in [-0.15, -0.1) is 11.3 Å². The number of aliphatic carboxylic acids is 1. The van der Waals surface area contributed by atoms with Crippen LogP contribution >= 0.6 is 27.3 Å². The average molecular weight is 344 g/mol. The lowest BCUT2D eigenvalue weighted by atomic mass is 10.3. The second-order valence-corrected chi connectivity index (χ2v) is 6.08. The number of benzene rings is 1. The zero-order chi connectivity index (χ0) is 13.8. The fraction of sp³-hybridized carbons (Fsp3) is 0.154. The molecule has 1 aromatic heterocycles. The quantitative estimate of drug-likeness (QED) is 0.865. The molecule has 0 amide bonds. The molecule has 2 N–H and O–H groups in total. The number of anilines is 1. The SMILES string of the molecule is O=C(O)Cc1ccc(CNc2cc(Br)ccc2F)s1. The minimum atomic E-state index is -0.848. The smallest absolute Gasteiger partial charge is 0.308 e.